The number of hydrogen-bond acceptors (Lipinski definition) is 3. The molecule has 0 radical (unpaired) electrons. The number of carbonyl (C=O) groups is 2. The Morgan fingerprint density at radius 3 is 2.15 bits per heavy atom. The summed E-state index contributed by atoms with van der Waals surface area (Å²) in [5.41, 5.74) is 3.78. The van der Waals surface area contributed by atoms with E-state index in [0.717, 1.165) is 22.3 Å². The van der Waals surface area contributed by atoms with E-state index in [1.165, 1.54) is 7.11 Å². The molecule has 20 heavy (non-hydrogen) atoms. The second kappa shape index (κ2) is 6.55. The second-order valence-electron chi connectivity index (χ2n) is 5.38. The van der Waals surface area contributed by atoms with Crippen molar-refractivity contribution in [3.05, 3.63) is 34.4 Å². The highest BCUT2D eigenvalue weighted by Crippen LogP contribution is 2.18. The predicted molar refractivity (Wildman–Crippen MR) is 78.8 cm³/mol. The maximum atomic E-state index is 12.5. The summed E-state index contributed by atoms with van der Waals surface area (Å²) in [6, 6.07) is 4.00. The monoisotopic (exact) mass is 277 g/mol. The quantitative estimate of drug-likeness (QED) is 0.794. The fourth-order valence-electron chi connectivity index (χ4n) is 2.48. The molecule has 0 aliphatic carbocycles. The maximum Gasteiger partial charge on any atom is 0.310 e. The largest absolute Gasteiger partial charge is 0.469 e. The molecule has 110 valence electrons. The lowest BCUT2D eigenvalue weighted by Crippen LogP contribution is -2.34. The molecule has 1 atom stereocenters. The average Bonchev–Trinajstić information content (AvgIpc) is 2.36. The molecule has 0 fully saturated rings. The van der Waals surface area contributed by atoms with Crippen LogP contribution in [0.15, 0.2) is 12.1 Å². The second-order valence-corrected chi connectivity index (χ2v) is 5.38. The molecule has 0 saturated carbocycles. The Balaban J connectivity index is 2.93. The Bertz CT molecular complexity index is 499. The number of methoxy groups -OCH3 is 1. The van der Waals surface area contributed by atoms with E-state index in [1.807, 2.05) is 32.9 Å². The highest BCUT2D eigenvalue weighted by atomic mass is 16.5. The number of rotatable bonds is 4. The first kappa shape index (κ1) is 16.2. The SMILES string of the molecule is COC(=O)C(C)CN(C)C(=O)c1c(C)cc(C)cc1C. The van der Waals surface area contributed by atoms with E-state index in [2.05, 4.69) is 4.74 Å². The minimum atomic E-state index is -0.333. The Kier molecular flexibility index (Phi) is 5.31. The maximum absolute atomic E-state index is 12.5. The van der Waals surface area contributed by atoms with Crippen LogP contribution in [0.3, 0.4) is 0 Å². The smallest absolute Gasteiger partial charge is 0.310 e. The van der Waals surface area contributed by atoms with Crippen LogP contribution < -0.4 is 0 Å². The van der Waals surface area contributed by atoms with Crippen LogP contribution in [-0.2, 0) is 9.53 Å². The summed E-state index contributed by atoms with van der Waals surface area (Å²) >= 11 is 0. The van der Waals surface area contributed by atoms with Crippen molar-refractivity contribution < 1.29 is 14.3 Å². The summed E-state index contributed by atoms with van der Waals surface area (Å²) in [4.78, 5) is 25.5. The molecule has 0 aromatic heterocycles. The zero-order chi connectivity index (χ0) is 15.4. The van der Waals surface area contributed by atoms with Crippen LogP contribution in [0.4, 0.5) is 0 Å². The molecule has 1 aromatic rings. The van der Waals surface area contributed by atoms with Gasteiger partial charge in [0.2, 0.25) is 0 Å². The standard InChI is InChI=1S/C16H23NO3/c1-10-7-11(2)14(12(3)8-10)15(18)17(5)9-13(4)16(19)20-6/h7-8,13H,9H2,1-6H3. The summed E-state index contributed by atoms with van der Waals surface area (Å²) in [5, 5.41) is 0. The minimum absolute atomic E-state index is 0.0595. The van der Waals surface area contributed by atoms with E-state index in [4.69, 9.17) is 0 Å². The van der Waals surface area contributed by atoms with Crippen molar-refractivity contribution in [1.29, 1.82) is 0 Å². The molecule has 0 saturated heterocycles. The van der Waals surface area contributed by atoms with Gasteiger partial charge in [-0.25, -0.2) is 0 Å². The summed E-state index contributed by atoms with van der Waals surface area (Å²) in [6.07, 6.45) is 0. The van der Waals surface area contributed by atoms with Crippen LogP contribution in [0.2, 0.25) is 0 Å². The van der Waals surface area contributed by atoms with Gasteiger partial charge >= 0.3 is 5.97 Å². The fraction of sp³-hybridized carbons (Fsp3) is 0.500. The van der Waals surface area contributed by atoms with Crippen molar-refractivity contribution in [1.82, 2.24) is 4.90 Å². The Morgan fingerprint density at radius 1 is 1.20 bits per heavy atom. The van der Waals surface area contributed by atoms with Crippen LogP contribution in [0.5, 0.6) is 0 Å². The van der Waals surface area contributed by atoms with Gasteiger partial charge in [0, 0.05) is 19.2 Å². The molecule has 1 aromatic carbocycles. The molecule has 1 unspecified atom stereocenters. The third kappa shape index (κ3) is 3.59. The molecular weight excluding hydrogens is 254 g/mol. The van der Waals surface area contributed by atoms with Crippen LogP contribution in [0.1, 0.15) is 34.0 Å². The number of ether oxygens (including phenoxy) is 1. The van der Waals surface area contributed by atoms with Gasteiger partial charge in [0.25, 0.3) is 5.91 Å². The number of benzene rings is 1. The van der Waals surface area contributed by atoms with Crippen molar-refractivity contribution in [2.75, 3.05) is 20.7 Å². The molecule has 0 N–H and O–H groups in total. The van der Waals surface area contributed by atoms with Crippen LogP contribution in [0, 0.1) is 26.7 Å². The normalized spacial score (nSPS) is 11.9. The van der Waals surface area contributed by atoms with Gasteiger partial charge in [0.1, 0.15) is 0 Å². The highest BCUT2D eigenvalue weighted by Gasteiger charge is 2.21. The molecule has 4 heteroatoms. The van der Waals surface area contributed by atoms with Gasteiger partial charge in [-0.3, -0.25) is 9.59 Å². The van der Waals surface area contributed by atoms with Crippen molar-refractivity contribution in [3.8, 4) is 0 Å². The Labute approximate surface area is 120 Å². The van der Waals surface area contributed by atoms with Crippen molar-refractivity contribution in [2.45, 2.75) is 27.7 Å². The third-order valence-electron chi connectivity index (χ3n) is 3.39. The zero-order valence-electron chi connectivity index (χ0n) is 13.1. The summed E-state index contributed by atoms with van der Waals surface area (Å²) in [6.45, 7) is 7.98. The lowest BCUT2D eigenvalue weighted by Gasteiger charge is -2.22. The molecule has 0 spiro atoms. The topological polar surface area (TPSA) is 46.6 Å². The van der Waals surface area contributed by atoms with E-state index in [9.17, 15) is 9.59 Å². The van der Waals surface area contributed by atoms with Gasteiger partial charge in [-0.15, -0.1) is 0 Å². The van der Waals surface area contributed by atoms with E-state index in [1.54, 1.807) is 18.9 Å². The number of esters is 1. The minimum Gasteiger partial charge on any atom is -0.469 e. The molecule has 0 heterocycles. The van der Waals surface area contributed by atoms with E-state index in [0.29, 0.717) is 6.54 Å². The van der Waals surface area contributed by atoms with E-state index < -0.39 is 0 Å². The molecule has 0 aliphatic rings. The lowest BCUT2D eigenvalue weighted by atomic mass is 9.98. The molecule has 1 rings (SSSR count). The fourth-order valence-corrected chi connectivity index (χ4v) is 2.48. The first-order valence-electron chi connectivity index (χ1n) is 6.69. The van der Waals surface area contributed by atoms with Crippen LogP contribution in [0.25, 0.3) is 0 Å². The number of amides is 1. The van der Waals surface area contributed by atoms with Crippen molar-refractivity contribution >= 4 is 11.9 Å². The van der Waals surface area contributed by atoms with Crippen LogP contribution in [-0.4, -0.2) is 37.5 Å². The van der Waals surface area contributed by atoms with Gasteiger partial charge in [-0.2, -0.15) is 0 Å². The number of nitrogens with zero attached hydrogens (tertiary/aromatic N) is 1. The first-order valence-corrected chi connectivity index (χ1v) is 6.69. The molecule has 4 nitrogen and oxygen atoms in total. The van der Waals surface area contributed by atoms with Crippen LogP contribution >= 0.6 is 0 Å². The van der Waals surface area contributed by atoms with Gasteiger partial charge < -0.3 is 9.64 Å². The molecule has 1 amide bonds. The Hall–Kier alpha value is -1.84. The molecule has 0 aliphatic heterocycles. The van der Waals surface area contributed by atoms with E-state index >= 15 is 0 Å². The third-order valence-corrected chi connectivity index (χ3v) is 3.39. The van der Waals surface area contributed by atoms with Crippen molar-refractivity contribution in [3.63, 3.8) is 0 Å². The zero-order valence-corrected chi connectivity index (χ0v) is 13.1. The lowest BCUT2D eigenvalue weighted by molar-refractivity contribution is -0.145. The average molecular weight is 277 g/mol. The Morgan fingerprint density at radius 2 is 1.70 bits per heavy atom. The summed E-state index contributed by atoms with van der Waals surface area (Å²) in [7, 11) is 3.06. The van der Waals surface area contributed by atoms with Crippen molar-refractivity contribution in [2.24, 2.45) is 5.92 Å². The number of aryl methyl sites for hydroxylation is 3. The summed E-state index contributed by atoms with van der Waals surface area (Å²) < 4.78 is 4.68. The van der Waals surface area contributed by atoms with E-state index in [-0.39, 0.29) is 17.8 Å². The number of hydrogen-bond donors (Lipinski definition) is 0. The molecular formula is C16H23NO3. The van der Waals surface area contributed by atoms with Gasteiger partial charge in [-0.1, -0.05) is 24.6 Å². The molecule has 0 bridgehead atoms. The number of carbonyl (C=O) groups excluding carboxylic acids is 2. The summed E-state index contributed by atoms with van der Waals surface area (Å²) in [5.74, 6) is -0.697. The predicted octanol–water partition coefficient (Wildman–Crippen LogP) is 2.49. The highest BCUT2D eigenvalue weighted by molar-refractivity contribution is 5.97. The van der Waals surface area contributed by atoms with Gasteiger partial charge in [-0.05, 0) is 31.9 Å². The van der Waals surface area contributed by atoms with Gasteiger partial charge in [0.05, 0.1) is 13.0 Å². The van der Waals surface area contributed by atoms with Gasteiger partial charge in [0.15, 0.2) is 0 Å². The first-order chi connectivity index (χ1) is 9.27.